The molecule has 1 saturated heterocycles. The number of hydrogen-bond donors (Lipinski definition) is 2. The second kappa shape index (κ2) is 11.2. The van der Waals surface area contributed by atoms with Gasteiger partial charge in [0.2, 0.25) is 17.6 Å². The van der Waals surface area contributed by atoms with E-state index in [4.69, 9.17) is 0 Å². The molecule has 3 rings (SSSR count). The predicted molar refractivity (Wildman–Crippen MR) is 121 cm³/mol. The van der Waals surface area contributed by atoms with Crippen LogP contribution < -0.4 is 10.6 Å². The lowest BCUT2D eigenvalue weighted by Crippen LogP contribution is -2.53. The van der Waals surface area contributed by atoms with E-state index in [1.165, 1.54) is 17.0 Å². The van der Waals surface area contributed by atoms with Gasteiger partial charge in [0.15, 0.2) is 0 Å². The molecule has 186 valence electrons. The van der Waals surface area contributed by atoms with Crippen LogP contribution in [0.25, 0.3) is 0 Å². The fourth-order valence-corrected chi connectivity index (χ4v) is 3.93. The zero-order chi connectivity index (χ0) is 25.6. The summed E-state index contributed by atoms with van der Waals surface area (Å²) in [5.74, 6) is -2.54. The van der Waals surface area contributed by atoms with Gasteiger partial charge in [-0.15, -0.1) is 0 Å². The zero-order valence-corrected chi connectivity index (χ0v) is 19.1. The second-order valence-corrected chi connectivity index (χ2v) is 8.25. The van der Waals surface area contributed by atoms with Crippen LogP contribution >= 0.6 is 0 Å². The van der Waals surface area contributed by atoms with E-state index in [1.807, 2.05) is 0 Å². The summed E-state index contributed by atoms with van der Waals surface area (Å²) in [7, 11) is 0. The number of carbonyl (C=O) groups excluding carboxylic acids is 4. The highest BCUT2D eigenvalue weighted by atomic mass is 19.4. The Morgan fingerprint density at radius 3 is 2.29 bits per heavy atom. The van der Waals surface area contributed by atoms with Gasteiger partial charge in [-0.2, -0.15) is 13.2 Å². The minimum atomic E-state index is -4.48. The first kappa shape index (κ1) is 25.9. The summed E-state index contributed by atoms with van der Waals surface area (Å²) >= 11 is 0. The number of alkyl halides is 3. The molecule has 2 aromatic rings. The molecular formula is C25H26F3N3O4. The van der Waals surface area contributed by atoms with Gasteiger partial charge in [0.25, 0.3) is 5.91 Å². The van der Waals surface area contributed by atoms with Crippen molar-refractivity contribution >= 4 is 23.5 Å². The van der Waals surface area contributed by atoms with E-state index < -0.39 is 41.4 Å². The molecule has 0 bridgehead atoms. The highest BCUT2D eigenvalue weighted by Gasteiger charge is 2.38. The predicted octanol–water partition coefficient (Wildman–Crippen LogP) is 2.63. The molecule has 10 heteroatoms. The number of amides is 3. The Kier molecular flexibility index (Phi) is 8.26. The van der Waals surface area contributed by atoms with Crippen LogP contribution in [-0.4, -0.2) is 47.0 Å². The van der Waals surface area contributed by atoms with Crippen molar-refractivity contribution in [2.45, 2.75) is 51.0 Å². The molecule has 0 aromatic heterocycles. The number of rotatable bonds is 9. The second-order valence-electron chi connectivity index (χ2n) is 8.25. The average molecular weight is 489 g/mol. The van der Waals surface area contributed by atoms with E-state index in [2.05, 4.69) is 10.6 Å². The first-order valence-electron chi connectivity index (χ1n) is 11.2. The molecule has 2 aromatic carbocycles. The third kappa shape index (κ3) is 6.68. The molecule has 2 N–H and O–H groups in total. The number of Topliss-reactive ketones (excluding diaryl/α,β-unsaturated/α-hetero) is 1. The Morgan fingerprint density at radius 1 is 1.03 bits per heavy atom. The maximum absolute atomic E-state index is 13.1. The molecule has 1 fully saturated rings. The highest BCUT2D eigenvalue weighted by molar-refractivity contribution is 6.38. The van der Waals surface area contributed by atoms with Crippen molar-refractivity contribution in [1.82, 2.24) is 15.5 Å². The molecule has 2 atom stereocenters. The monoisotopic (exact) mass is 489 g/mol. The van der Waals surface area contributed by atoms with E-state index in [9.17, 15) is 32.3 Å². The minimum absolute atomic E-state index is 0.0529. The van der Waals surface area contributed by atoms with Crippen LogP contribution in [0.5, 0.6) is 0 Å². The molecule has 0 saturated carbocycles. The van der Waals surface area contributed by atoms with Crippen molar-refractivity contribution in [2.75, 3.05) is 6.54 Å². The maximum atomic E-state index is 13.1. The van der Waals surface area contributed by atoms with E-state index in [1.54, 1.807) is 37.3 Å². The van der Waals surface area contributed by atoms with Crippen LogP contribution in [0, 0.1) is 0 Å². The molecule has 0 spiro atoms. The summed E-state index contributed by atoms with van der Waals surface area (Å²) in [5, 5.41) is 5.05. The van der Waals surface area contributed by atoms with Crippen LogP contribution in [0.3, 0.4) is 0 Å². The fourth-order valence-electron chi connectivity index (χ4n) is 3.93. The number of halogens is 3. The zero-order valence-electron chi connectivity index (χ0n) is 19.1. The van der Waals surface area contributed by atoms with Crippen molar-refractivity contribution in [2.24, 2.45) is 0 Å². The average Bonchev–Trinajstić information content (AvgIpc) is 3.18. The van der Waals surface area contributed by atoms with Crippen LogP contribution in [0.1, 0.15) is 36.5 Å². The van der Waals surface area contributed by atoms with Crippen LogP contribution in [-0.2, 0) is 38.3 Å². The summed E-state index contributed by atoms with van der Waals surface area (Å²) in [4.78, 5) is 51.8. The molecule has 1 aliphatic heterocycles. The summed E-state index contributed by atoms with van der Waals surface area (Å²) in [6.45, 7) is 1.86. The van der Waals surface area contributed by atoms with Gasteiger partial charge in [-0.05, 0) is 36.6 Å². The van der Waals surface area contributed by atoms with Crippen LogP contribution in [0.4, 0.5) is 13.2 Å². The Morgan fingerprint density at radius 2 is 1.69 bits per heavy atom. The number of nitrogens with one attached hydrogen (secondary N) is 2. The minimum Gasteiger partial charge on any atom is -0.350 e. The maximum Gasteiger partial charge on any atom is 0.416 e. The van der Waals surface area contributed by atoms with Gasteiger partial charge in [0.1, 0.15) is 12.1 Å². The van der Waals surface area contributed by atoms with E-state index in [0.29, 0.717) is 5.56 Å². The standard InChI is InChI=1S/C25H26F3N3O4/c1-2-29-24(35)22(33)19(14-16-6-4-3-5-7-16)30-23(34)20-12-13-21(32)31(20)15-17-8-10-18(11-9-17)25(26,27)28/h3-11,19-20H,2,12-15H2,1H3,(H,29,35)(H,30,34). The van der Waals surface area contributed by atoms with Crippen molar-refractivity contribution < 1.29 is 32.3 Å². The third-order valence-corrected chi connectivity index (χ3v) is 5.74. The lowest BCUT2D eigenvalue weighted by Gasteiger charge is -2.26. The van der Waals surface area contributed by atoms with Gasteiger partial charge in [-0.3, -0.25) is 19.2 Å². The molecule has 2 unspecified atom stereocenters. The smallest absolute Gasteiger partial charge is 0.350 e. The van der Waals surface area contributed by atoms with Crippen LogP contribution in [0.2, 0.25) is 0 Å². The summed E-state index contributed by atoms with van der Waals surface area (Å²) in [6.07, 6.45) is -4.11. The molecule has 1 heterocycles. The Hall–Kier alpha value is -3.69. The van der Waals surface area contributed by atoms with Crippen LogP contribution in [0.15, 0.2) is 54.6 Å². The number of likely N-dealkylation sites (N-methyl/N-ethyl adjacent to an activating group) is 1. The summed E-state index contributed by atoms with van der Waals surface area (Å²) in [5.41, 5.74) is 0.362. The normalized spacial score (nSPS) is 16.6. The lowest BCUT2D eigenvalue weighted by molar-refractivity contribution is -0.141. The molecule has 3 amide bonds. The molecule has 35 heavy (non-hydrogen) atoms. The molecular weight excluding hydrogens is 463 g/mol. The number of likely N-dealkylation sites (tertiary alicyclic amines) is 1. The van der Waals surface area contributed by atoms with Crippen molar-refractivity contribution in [3.63, 3.8) is 0 Å². The number of nitrogens with zero attached hydrogens (tertiary/aromatic N) is 1. The van der Waals surface area contributed by atoms with E-state index in [0.717, 1.165) is 17.7 Å². The molecule has 1 aliphatic rings. The summed E-state index contributed by atoms with van der Waals surface area (Å²) < 4.78 is 38.5. The Bertz CT molecular complexity index is 1070. The first-order chi connectivity index (χ1) is 16.6. The SMILES string of the molecule is CCNC(=O)C(=O)C(Cc1ccccc1)NC(=O)C1CCC(=O)N1Cc1ccc(C(F)(F)F)cc1. The van der Waals surface area contributed by atoms with Gasteiger partial charge in [0.05, 0.1) is 5.56 Å². The van der Waals surface area contributed by atoms with Gasteiger partial charge in [-0.25, -0.2) is 0 Å². The van der Waals surface area contributed by atoms with E-state index in [-0.39, 0.29) is 38.3 Å². The number of ketones is 1. The quantitative estimate of drug-likeness (QED) is 0.530. The molecule has 0 aliphatic carbocycles. The number of hydrogen-bond acceptors (Lipinski definition) is 4. The topological polar surface area (TPSA) is 95.6 Å². The fraction of sp³-hybridized carbons (Fsp3) is 0.360. The first-order valence-corrected chi connectivity index (χ1v) is 11.2. The highest BCUT2D eigenvalue weighted by Crippen LogP contribution is 2.30. The molecule has 7 nitrogen and oxygen atoms in total. The Labute approximate surface area is 200 Å². The van der Waals surface area contributed by atoms with Gasteiger partial charge in [-0.1, -0.05) is 42.5 Å². The molecule has 0 radical (unpaired) electrons. The number of carbonyl (C=O) groups is 4. The van der Waals surface area contributed by atoms with Gasteiger partial charge < -0.3 is 15.5 Å². The van der Waals surface area contributed by atoms with Gasteiger partial charge in [0, 0.05) is 25.9 Å². The largest absolute Gasteiger partial charge is 0.416 e. The summed E-state index contributed by atoms with van der Waals surface area (Å²) in [6, 6.07) is 11.2. The number of benzene rings is 2. The van der Waals surface area contributed by atoms with Gasteiger partial charge >= 0.3 is 6.18 Å². The van der Waals surface area contributed by atoms with E-state index >= 15 is 0 Å². The lowest BCUT2D eigenvalue weighted by atomic mass is 10.0. The van der Waals surface area contributed by atoms with Crippen molar-refractivity contribution in [3.05, 3.63) is 71.3 Å². The van der Waals surface area contributed by atoms with Crippen molar-refractivity contribution in [3.8, 4) is 0 Å². The third-order valence-electron chi connectivity index (χ3n) is 5.74. The Balaban J connectivity index is 1.75. The van der Waals surface area contributed by atoms with Crippen molar-refractivity contribution in [1.29, 1.82) is 0 Å².